The van der Waals surface area contributed by atoms with Gasteiger partial charge < -0.3 is 4.42 Å². The van der Waals surface area contributed by atoms with E-state index in [0.717, 1.165) is 11.6 Å². The molecule has 0 spiro atoms. The third-order valence-electron chi connectivity index (χ3n) is 2.84. The normalized spacial score (nSPS) is 10.8. The fourth-order valence-electron chi connectivity index (χ4n) is 1.98. The molecular formula is C15H8ClFO2. The van der Waals surface area contributed by atoms with Crippen molar-refractivity contribution in [1.29, 1.82) is 0 Å². The molecule has 0 aliphatic heterocycles. The number of furan rings is 1. The predicted molar refractivity (Wildman–Crippen MR) is 72.0 cm³/mol. The van der Waals surface area contributed by atoms with E-state index in [1.807, 2.05) is 6.07 Å². The molecule has 0 radical (unpaired) electrons. The van der Waals surface area contributed by atoms with Crippen LogP contribution in [0.5, 0.6) is 0 Å². The van der Waals surface area contributed by atoms with Gasteiger partial charge in [0.25, 0.3) is 0 Å². The van der Waals surface area contributed by atoms with Crippen molar-refractivity contribution in [1.82, 2.24) is 0 Å². The van der Waals surface area contributed by atoms with Crippen LogP contribution in [0.4, 0.5) is 4.39 Å². The lowest BCUT2D eigenvalue weighted by Gasteiger charge is -1.96. The molecule has 0 bridgehead atoms. The molecule has 0 N–H and O–H groups in total. The first-order valence-corrected chi connectivity index (χ1v) is 5.99. The van der Waals surface area contributed by atoms with E-state index in [2.05, 4.69) is 0 Å². The standard InChI is InChI=1S/C15H8ClFO2/c16-12-3-1-2-10(6-12)14-7-11-4-9(8-18)5-13(17)15(11)19-14/h1-8H. The molecule has 0 aliphatic rings. The number of carbonyl (C=O) groups is 1. The number of benzene rings is 2. The zero-order chi connectivity index (χ0) is 13.4. The first kappa shape index (κ1) is 11.9. The number of fused-ring (bicyclic) bond motifs is 1. The maximum atomic E-state index is 13.8. The third-order valence-corrected chi connectivity index (χ3v) is 3.07. The molecule has 19 heavy (non-hydrogen) atoms. The van der Waals surface area contributed by atoms with Crippen LogP contribution in [0.15, 0.2) is 46.9 Å². The van der Waals surface area contributed by atoms with Crippen LogP contribution in [-0.4, -0.2) is 6.29 Å². The van der Waals surface area contributed by atoms with Gasteiger partial charge in [-0.15, -0.1) is 0 Å². The highest BCUT2D eigenvalue weighted by molar-refractivity contribution is 6.30. The summed E-state index contributed by atoms with van der Waals surface area (Å²) in [5.74, 6) is -0.0349. The van der Waals surface area contributed by atoms with Crippen molar-refractivity contribution < 1.29 is 13.6 Å². The van der Waals surface area contributed by atoms with Crippen molar-refractivity contribution in [3.05, 3.63) is 58.9 Å². The van der Waals surface area contributed by atoms with E-state index in [1.54, 1.807) is 30.3 Å². The molecule has 0 saturated carbocycles. The van der Waals surface area contributed by atoms with Gasteiger partial charge in [-0.2, -0.15) is 0 Å². The van der Waals surface area contributed by atoms with Gasteiger partial charge in [-0.1, -0.05) is 23.7 Å². The van der Waals surface area contributed by atoms with Crippen LogP contribution in [0.2, 0.25) is 5.02 Å². The predicted octanol–water partition coefficient (Wildman–Crippen LogP) is 4.70. The van der Waals surface area contributed by atoms with E-state index in [0.29, 0.717) is 22.5 Å². The van der Waals surface area contributed by atoms with Crippen molar-refractivity contribution >= 4 is 28.9 Å². The molecule has 1 heterocycles. The Kier molecular flexibility index (Phi) is 2.84. The Labute approximate surface area is 113 Å². The Bertz CT molecular complexity index is 777. The van der Waals surface area contributed by atoms with Crippen molar-refractivity contribution in [2.24, 2.45) is 0 Å². The summed E-state index contributed by atoms with van der Waals surface area (Å²) in [6, 6.07) is 11.5. The first-order valence-electron chi connectivity index (χ1n) is 5.61. The molecule has 94 valence electrons. The fraction of sp³-hybridized carbons (Fsp3) is 0. The Morgan fingerprint density at radius 3 is 2.74 bits per heavy atom. The SMILES string of the molecule is O=Cc1cc(F)c2oc(-c3cccc(Cl)c3)cc2c1. The van der Waals surface area contributed by atoms with Gasteiger partial charge in [-0.05, 0) is 30.3 Å². The molecule has 0 amide bonds. The van der Waals surface area contributed by atoms with Gasteiger partial charge in [0, 0.05) is 21.5 Å². The molecule has 0 fully saturated rings. The van der Waals surface area contributed by atoms with E-state index >= 15 is 0 Å². The van der Waals surface area contributed by atoms with Crippen LogP contribution in [0.1, 0.15) is 10.4 Å². The molecule has 0 aliphatic carbocycles. The lowest BCUT2D eigenvalue weighted by atomic mass is 10.1. The van der Waals surface area contributed by atoms with Crippen molar-refractivity contribution in [2.75, 3.05) is 0 Å². The number of rotatable bonds is 2. The minimum absolute atomic E-state index is 0.139. The molecule has 4 heteroatoms. The van der Waals surface area contributed by atoms with Crippen molar-refractivity contribution in [2.45, 2.75) is 0 Å². The molecule has 2 nitrogen and oxygen atoms in total. The molecule has 1 aromatic heterocycles. The zero-order valence-corrected chi connectivity index (χ0v) is 10.4. The highest BCUT2D eigenvalue weighted by atomic mass is 35.5. The van der Waals surface area contributed by atoms with Crippen LogP contribution in [0.3, 0.4) is 0 Å². The molecule has 3 aromatic rings. The number of halogens is 2. The largest absolute Gasteiger partial charge is 0.453 e. The lowest BCUT2D eigenvalue weighted by molar-refractivity contribution is 0.112. The highest BCUT2D eigenvalue weighted by Gasteiger charge is 2.11. The summed E-state index contributed by atoms with van der Waals surface area (Å²) in [6.45, 7) is 0. The highest BCUT2D eigenvalue weighted by Crippen LogP contribution is 2.31. The summed E-state index contributed by atoms with van der Waals surface area (Å²) in [5.41, 5.74) is 1.18. The van der Waals surface area contributed by atoms with Crippen molar-refractivity contribution in [3.63, 3.8) is 0 Å². The third kappa shape index (κ3) is 2.13. The van der Waals surface area contributed by atoms with E-state index in [9.17, 15) is 9.18 Å². The van der Waals surface area contributed by atoms with Gasteiger partial charge in [0.1, 0.15) is 12.0 Å². The second kappa shape index (κ2) is 4.52. The molecule has 0 saturated heterocycles. The van der Waals surface area contributed by atoms with Crippen molar-refractivity contribution in [3.8, 4) is 11.3 Å². The van der Waals surface area contributed by atoms with E-state index in [4.69, 9.17) is 16.0 Å². The number of carbonyl (C=O) groups excluding carboxylic acids is 1. The molecular weight excluding hydrogens is 267 g/mol. The van der Waals surface area contributed by atoms with Crippen LogP contribution in [-0.2, 0) is 0 Å². The van der Waals surface area contributed by atoms with Gasteiger partial charge >= 0.3 is 0 Å². The topological polar surface area (TPSA) is 30.2 Å². The van der Waals surface area contributed by atoms with Crippen LogP contribution in [0.25, 0.3) is 22.3 Å². The van der Waals surface area contributed by atoms with E-state index < -0.39 is 5.82 Å². The number of hydrogen-bond donors (Lipinski definition) is 0. The van der Waals surface area contributed by atoms with Gasteiger partial charge in [-0.25, -0.2) is 4.39 Å². The van der Waals surface area contributed by atoms with Gasteiger partial charge in [0.2, 0.25) is 0 Å². The van der Waals surface area contributed by atoms with E-state index in [1.165, 1.54) is 0 Å². The summed E-state index contributed by atoms with van der Waals surface area (Å²) in [6.07, 6.45) is 0.606. The molecule has 0 atom stereocenters. The summed E-state index contributed by atoms with van der Waals surface area (Å²) in [4.78, 5) is 10.7. The summed E-state index contributed by atoms with van der Waals surface area (Å²) >= 11 is 5.91. The quantitative estimate of drug-likeness (QED) is 0.634. The second-order valence-electron chi connectivity index (χ2n) is 4.16. The molecule has 3 rings (SSSR count). The monoisotopic (exact) mass is 274 g/mol. The van der Waals surface area contributed by atoms with Crippen LogP contribution in [0, 0.1) is 5.82 Å². The van der Waals surface area contributed by atoms with Gasteiger partial charge in [0.05, 0.1) is 0 Å². The zero-order valence-electron chi connectivity index (χ0n) is 9.69. The van der Waals surface area contributed by atoms with E-state index in [-0.39, 0.29) is 11.1 Å². The summed E-state index contributed by atoms with van der Waals surface area (Å²) in [7, 11) is 0. The lowest BCUT2D eigenvalue weighted by Crippen LogP contribution is -1.82. The van der Waals surface area contributed by atoms with Crippen LogP contribution < -0.4 is 0 Å². The van der Waals surface area contributed by atoms with Gasteiger partial charge in [0.15, 0.2) is 11.4 Å². The Morgan fingerprint density at radius 1 is 1.16 bits per heavy atom. The van der Waals surface area contributed by atoms with Crippen LogP contribution >= 0.6 is 11.6 Å². The number of hydrogen-bond acceptors (Lipinski definition) is 2. The smallest absolute Gasteiger partial charge is 0.170 e. The Balaban J connectivity index is 2.21. The number of aldehydes is 1. The second-order valence-corrected chi connectivity index (χ2v) is 4.60. The summed E-state index contributed by atoms with van der Waals surface area (Å²) in [5, 5.41) is 1.13. The van der Waals surface area contributed by atoms with Gasteiger partial charge in [-0.3, -0.25) is 4.79 Å². The maximum absolute atomic E-state index is 13.8. The summed E-state index contributed by atoms with van der Waals surface area (Å²) < 4.78 is 19.3. The minimum Gasteiger partial charge on any atom is -0.453 e. The average molecular weight is 275 g/mol. The first-order chi connectivity index (χ1) is 9.17. The minimum atomic E-state index is -0.548. The molecule has 0 unspecified atom stereocenters. The Morgan fingerprint density at radius 2 is 2.00 bits per heavy atom. The maximum Gasteiger partial charge on any atom is 0.170 e. The molecule has 2 aromatic carbocycles. The average Bonchev–Trinajstić information content (AvgIpc) is 2.83. The fourth-order valence-corrected chi connectivity index (χ4v) is 2.17. The Hall–Kier alpha value is -2.13.